The maximum absolute atomic E-state index is 11.4. The second-order valence-corrected chi connectivity index (χ2v) is 9.97. The van der Waals surface area contributed by atoms with Gasteiger partial charge in [0.25, 0.3) is 0 Å². The normalized spacial score (nSPS) is 20.2. The van der Waals surface area contributed by atoms with Gasteiger partial charge in [0.05, 0.1) is 13.0 Å². The maximum Gasteiger partial charge on any atom is 0.303 e. The Balaban J connectivity index is 1.92. The van der Waals surface area contributed by atoms with Crippen LogP contribution >= 0.6 is 10.8 Å². The van der Waals surface area contributed by atoms with E-state index >= 15 is 0 Å². The van der Waals surface area contributed by atoms with Crippen molar-refractivity contribution >= 4 is 16.7 Å². The number of methoxy groups -OCH3 is 1. The van der Waals surface area contributed by atoms with Crippen LogP contribution in [0.25, 0.3) is 0 Å². The van der Waals surface area contributed by atoms with Crippen LogP contribution in [-0.4, -0.2) is 50.9 Å². The van der Waals surface area contributed by atoms with E-state index in [1.165, 1.54) is 0 Å². The summed E-state index contributed by atoms with van der Waals surface area (Å²) in [6.45, 7) is 5.01. The number of aliphatic carboxylic acids is 1. The van der Waals surface area contributed by atoms with Crippen molar-refractivity contribution in [1.82, 2.24) is 4.31 Å². The minimum Gasteiger partial charge on any atom is -0.487 e. The standard InChI is InChI=1S/C23H31NO6S/c1-16-8-9-18(19(10-11-29-3)13-23(25)26)12-20(16)15-24-14-17(2)30-21-6-4-5-7-22(21)31(24,27)28/h4-9,12,17,19,27-28H,10-11,13-15H2,1-3H3,(H,25,26). The third kappa shape index (κ3) is 5.58. The molecule has 2 unspecified atom stereocenters. The summed E-state index contributed by atoms with van der Waals surface area (Å²) in [6.07, 6.45) is 0.394. The Morgan fingerprint density at radius 2 is 2.03 bits per heavy atom. The lowest BCUT2D eigenvalue weighted by atomic mass is 9.90. The summed E-state index contributed by atoms with van der Waals surface area (Å²) in [5.41, 5.74) is 2.85. The number of carboxylic acid groups (broad SMARTS) is 1. The van der Waals surface area contributed by atoms with E-state index in [-0.39, 0.29) is 18.4 Å². The summed E-state index contributed by atoms with van der Waals surface area (Å²) < 4.78 is 35.0. The molecule has 3 N–H and O–H groups in total. The Morgan fingerprint density at radius 3 is 2.74 bits per heavy atom. The minimum atomic E-state index is -3.24. The van der Waals surface area contributed by atoms with E-state index in [0.717, 1.165) is 16.7 Å². The Hall–Kier alpha value is -2.10. The minimum absolute atomic E-state index is 0.0169. The van der Waals surface area contributed by atoms with Gasteiger partial charge in [-0.2, -0.15) is 4.31 Å². The van der Waals surface area contributed by atoms with Crippen LogP contribution in [0.3, 0.4) is 0 Å². The first kappa shape index (κ1) is 23.6. The molecular formula is C23H31NO6S. The van der Waals surface area contributed by atoms with E-state index in [1.807, 2.05) is 38.1 Å². The van der Waals surface area contributed by atoms with Gasteiger partial charge < -0.3 is 14.6 Å². The molecule has 0 aliphatic carbocycles. The summed E-state index contributed by atoms with van der Waals surface area (Å²) in [7, 11) is -1.64. The average molecular weight is 450 g/mol. The molecule has 7 nitrogen and oxygen atoms in total. The molecule has 2 aromatic carbocycles. The van der Waals surface area contributed by atoms with Gasteiger partial charge >= 0.3 is 5.97 Å². The zero-order valence-corrected chi connectivity index (χ0v) is 19.0. The highest BCUT2D eigenvalue weighted by Crippen LogP contribution is 2.57. The number of rotatable bonds is 8. The average Bonchev–Trinajstić information content (AvgIpc) is 2.80. The number of para-hydroxylation sites is 1. The molecule has 170 valence electrons. The molecule has 0 amide bonds. The van der Waals surface area contributed by atoms with Crippen molar-refractivity contribution in [3.63, 3.8) is 0 Å². The van der Waals surface area contributed by atoms with E-state index < -0.39 is 16.7 Å². The van der Waals surface area contributed by atoms with Crippen LogP contribution in [0.1, 0.15) is 42.4 Å². The number of hydrogen-bond donors (Lipinski definition) is 3. The number of ether oxygens (including phenoxy) is 2. The summed E-state index contributed by atoms with van der Waals surface area (Å²) >= 11 is 0. The molecule has 0 radical (unpaired) electrons. The van der Waals surface area contributed by atoms with Crippen molar-refractivity contribution in [1.29, 1.82) is 0 Å². The van der Waals surface area contributed by atoms with Gasteiger partial charge in [0.15, 0.2) is 0 Å². The zero-order chi connectivity index (χ0) is 22.6. The molecule has 0 saturated carbocycles. The quantitative estimate of drug-likeness (QED) is 0.527. The van der Waals surface area contributed by atoms with Crippen LogP contribution < -0.4 is 4.74 Å². The predicted octanol–water partition coefficient (Wildman–Crippen LogP) is 4.90. The van der Waals surface area contributed by atoms with E-state index in [9.17, 15) is 19.0 Å². The summed E-state index contributed by atoms with van der Waals surface area (Å²) in [6, 6.07) is 12.9. The molecule has 3 rings (SSSR count). The third-order valence-electron chi connectivity index (χ3n) is 5.58. The molecule has 2 aromatic rings. The topological polar surface area (TPSA) is 99.5 Å². The Bertz CT molecular complexity index is 919. The lowest BCUT2D eigenvalue weighted by Crippen LogP contribution is -2.33. The Morgan fingerprint density at radius 1 is 1.29 bits per heavy atom. The highest BCUT2D eigenvalue weighted by Gasteiger charge is 2.34. The van der Waals surface area contributed by atoms with Crippen LogP contribution in [0.5, 0.6) is 5.75 Å². The van der Waals surface area contributed by atoms with Crippen molar-refractivity contribution in [3.8, 4) is 5.75 Å². The highest BCUT2D eigenvalue weighted by molar-refractivity contribution is 8.22. The summed E-state index contributed by atoms with van der Waals surface area (Å²) in [5.74, 6) is -0.541. The molecule has 2 atom stereocenters. The largest absolute Gasteiger partial charge is 0.487 e. The van der Waals surface area contributed by atoms with Crippen LogP contribution in [0.2, 0.25) is 0 Å². The second-order valence-electron chi connectivity index (χ2n) is 7.98. The smallest absolute Gasteiger partial charge is 0.303 e. The number of fused-ring (bicyclic) bond motifs is 1. The van der Waals surface area contributed by atoms with Crippen LogP contribution in [0.15, 0.2) is 47.4 Å². The van der Waals surface area contributed by atoms with Gasteiger partial charge in [-0.25, -0.2) is 0 Å². The molecule has 1 aliphatic rings. The summed E-state index contributed by atoms with van der Waals surface area (Å²) in [5, 5.41) is 9.33. The Kier molecular flexibility index (Phi) is 7.61. The van der Waals surface area contributed by atoms with Gasteiger partial charge in [0.2, 0.25) is 0 Å². The number of carboxylic acids is 1. The number of aryl methyl sites for hydroxylation is 1. The van der Waals surface area contributed by atoms with Crippen molar-refractivity contribution in [3.05, 3.63) is 59.2 Å². The van der Waals surface area contributed by atoms with Gasteiger partial charge in [0, 0.05) is 20.3 Å². The Labute approximate surface area is 185 Å². The molecule has 1 heterocycles. The van der Waals surface area contributed by atoms with Crippen molar-refractivity contribution in [2.45, 2.75) is 50.2 Å². The fourth-order valence-electron chi connectivity index (χ4n) is 3.88. The van der Waals surface area contributed by atoms with Gasteiger partial charge in [-0.15, -0.1) is 10.8 Å². The zero-order valence-electron chi connectivity index (χ0n) is 18.2. The van der Waals surface area contributed by atoms with E-state index in [2.05, 4.69) is 0 Å². The van der Waals surface area contributed by atoms with E-state index in [1.54, 1.807) is 29.6 Å². The first-order valence-corrected chi connectivity index (χ1v) is 11.8. The molecule has 0 bridgehead atoms. The summed E-state index contributed by atoms with van der Waals surface area (Å²) in [4.78, 5) is 11.8. The molecular weight excluding hydrogens is 418 g/mol. The molecule has 0 fully saturated rings. The maximum atomic E-state index is 11.4. The van der Waals surface area contributed by atoms with Crippen molar-refractivity contribution < 1.29 is 28.5 Å². The van der Waals surface area contributed by atoms with Gasteiger partial charge in [-0.3, -0.25) is 13.9 Å². The second kappa shape index (κ2) is 10.0. The number of nitrogens with zero attached hydrogens (tertiary/aromatic N) is 1. The molecule has 0 spiro atoms. The molecule has 8 heteroatoms. The first-order valence-electron chi connectivity index (χ1n) is 10.3. The van der Waals surface area contributed by atoms with Gasteiger partial charge in [0.1, 0.15) is 16.7 Å². The predicted molar refractivity (Wildman–Crippen MR) is 121 cm³/mol. The molecule has 0 saturated heterocycles. The van der Waals surface area contributed by atoms with Gasteiger partial charge in [-0.1, -0.05) is 30.3 Å². The van der Waals surface area contributed by atoms with Crippen LogP contribution in [-0.2, 0) is 16.1 Å². The number of benzene rings is 2. The monoisotopic (exact) mass is 449 g/mol. The first-order chi connectivity index (χ1) is 14.7. The molecule has 31 heavy (non-hydrogen) atoms. The van der Waals surface area contributed by atoms with Crippen LogP contribution in [0, 0.1) is 6.92 Å². The van der Waals surface area contributed by atoms with Gasteiger partial charge in [-0.05, 0) is 55.0 Å². The van der Waals surface area contributed by atoms with Crippen LogP contribution in [0.4, 0.5) is 0 Å². The fourth-order valence-corrected chi connectivity index (χ4v) is 5.54. The van der Waals surface area contributed by atoms with Crippen molar-refractivity contribution in [2.24, 2.45) is 0 Å². The third-order valence-corrected chi connectivity index (χ3v) is 7.50. The highest BCUT2D eigenvalue weighted by atomic mass is 32.3. The SMILES string of the molecule is COCCC(CC(=O)O)c1ccc(C)c(CN2CC(C)Oc3ccccc3S2(O)O)c1. The van der Waals surface area contributed by atoms with E-state index in [0.29, 0.717) is 36.8 Å². The lowest BCUT2D eigenvalue weighted by molar-refractivity contribution is -0.137. The molecule has 0 aromatic heterocycles. The molecule has 1 aliphatic heterocycles. The van der Waals surface area contributed by atoms with Crippen molar-refractivity contribution in [2.75, 3.05) is 20.3 Å². The number of carbonyl (C=O) groups is 1. The number of hydrogen-bond acceptors (Lipinski definition) is 6. The fraction of sp³-hybridized carbons (Fsp3) is 0.435. The van der Waals surface area contributed by atoms with E-state index in [4.69, 9.17) is 9.47 Å². The lowest BCUT2D eigenvalue weighted by Gasteiger charge is -2.42.